The minimum absolute atomic E-state index is 0.0380. The van der Waals surface area contributed by atoms with E-state index in [1.807, 2.05) is 69.3 Å². The lowest BCUT2D eigenvalue weighted by Crippen LogP contribution is -2.74. The van der Waals surface area contributed by atoms with E-state index >= 15 is 0 Å². The maximum absolute atomic E-state index is 13.4. The highest BCUT2D eigenvalue weighted by Crippen LogP contribution is 2.50. The van der Waals surface area contributed by atoms with Gasteiger partial charge in [-0.05, 0) is 147 Å². The highest BCUT2D eigenvalue weighted by atomic mass is 35.7. The first-order valence-corrected chi connectivity index (χ1v) is 43.7. The van der Waals surface area contributed by atoms with Crippen LogP contribution >= 0.6 is 10.7 Å². The minimum atomic E-state index is -4.99. The van der Waals surface area contributed by atoms with Gasteiger partial charge >= 0.3 is 37.1 Å². The quantitative estimate of drug-likeness (QED) is 0.0272. The van der Waals surface area contributed by atoms with Gasteiger partial charge in [0.1, 0.15) is 0 Å². The molecule has 0 saturated carbocycles. The van der Waals surface area contributed by atoms with Crippen molar-refractivity contribution in [2.24, 2.45) is 5.73 Å². The molecule has 6 aromatic rings. The molecule has 12 atom stereocenters. The summed E-state index contributed by atoms with van der Waals surface area (Å²) in [5.41, 5.74) is -6.08. The first-order valence-electron chi connectivity index (χ1n) is 37.2. The van der Waals surface area contributed by atoms with Crippen LogP contribution in [0, 0.1) is 0 Å². The van der Waals surface area contributed by atoms with Crippen LogP contribution in [-0.4, -0.2) is 172 Å². The first kappa shape index (κ1) is 97.1. The van der Waals surface area contributed by atoms with Crippen LogP contribution in [0.25, 0.3) is 0 Å². The van der Waals surface area contributed by atoms with Gasteiger partial charge in [0.05, 0.1) is 143 Å². The number of benzene rings is 6. The summed E-state index contributed by atoms with van der Waals surface area (Å²) in [7, 11) is -5.79. The molecule has 6 heterocycles. The molecular weight excluding hydrogens is 1730 g/mol. The molecule has 3 unspecified atom stereocenters. The number of piperidine rings is 3. The van der Waals surface area contributed by atoms with Crippen molar-refractivity contribution in [3.8, 4) is 0 Å². The van der Waals surface area contributed by atoms with E-state index in [0.29, 0.717) is 81.5 Å². The smallest absolute Gasteiger partial charge is 0.372 e. The van der Waals surface area contributed by atoms with Crippen molar-refractivity contribution in [1.29, 1.82) is 0 Å². The van der Waals surface area contributed by atoms with Gasteiger partial charge in [0, 0.05) is 50.0 Å². The second-order valence-corrected chi connectivity index (χ2v) is 37.9. The van der Waals surface area contributed by atoms with Gasteiger partial charge in [0.25, 0.3) is 0 Å². The van der Waals surface area contributed by atoms with E-state index in [9.17, 15) is 119 Å². The molecule has 6 aromatic carbocycles. The molecule has 6 bridgehead atoms. The summed E-state index contributed by atoms with van der Waals surface area (Å²) in [5.74, 6) is -0.892. The summed E-state index contributed by atoms with van der Waals surface area (Å²) in [6, 6.07) is 31.4. The normalized spacial score (nSPS) is 26.0. The third-order valence-electron chi connectivity index (χ3n) is 22.2. The summed E-state index contributed by atoms with van der Waals surface area (Å²) in [6.45, 7) is 4.89. The number of amides is 3. The lowest BCUT2D eigenvalue weighted by molar-refractivity contribution is -0.145. The largest absolute Gasteiger partial charge is 0.416 e. The number of sulfonamides is 2. The lowest BCUT2D eigenvalue weighted by atomic mass is 9.73. The van der Waals surface area contributed by atoms with Gasteiger partial charge in [-0.1, -0.05) is 91.0 Å². The molecule has 121 heavy (non-hydrogen) atoms. The highest BCUT2D eigenvalue weighted by Gasteiger charge is 2.57. The van der Waals surface area contributed by atoms with Gasteiger partial charge in [0.2, 0.25) is 46.8 Å². The molecular formula is C78H88ClF18N9O12S3. The maximum atomic E-state index is 13.4. The number of alkyl halides is 18. The average molecular weight is 1820 g/mol. The molecule has 0 spiro atoms. The number of hydrogen-bond donors (Lipinski definition) is 6. The van der Waals surface area contributed by atoms with Crippen LogP contribution in [0.4, 0.5) is 79.0 Å². The average Bonchev–Trinajstić information content (AvgIpc) is 0.742. The van der Waals surface area contributed by atoms with Gasteiger partial charge < -0.3 is 35.9 Å². The SMILES string of the molecule is CS(=O)(=O)Cl.C[C@@H](OC[C@@]1(c2ccccc2)CC[C@]2(CN)CN1CC(=O)N2)c1cc(C(F)(F)F)cc(C(F)(F)F)c1.C[C@@H](OC[C@@]1(c2ccccc2)CC[C@]2(CNS(C)(=O)=O)CN1CC(=O)N2)c1cc(C(F)(F)F)cc(C(F)(F)F)c1.C[C@@H](OC[C@@]1(c2ccccc2)CC[C@]2(CNS(C)(=O)=O)CN1CC(=O)N2)c1cc(C(F)(F)F)cc(C(F)(F)F)c1. The van der Waals surface area contributed by atoms with Gasteiger partial charge in [-0.3, -0.25) is 29.1 Å². The van der Waals surface area contributed by atoms with Gasteiger partial charge in [-0.25, -0.2) is 34.7 Å². The fraction of sp³-hybridized carbons (Fsp3) is 0.500. The standard InChI is InChI=1S/2C26H29F6N3O4S.C25H27F6N3O2.CH3ClO2S/c2*1-17(18-10-20(25(27,28)29)12-21(11-18)26(30,31)32)39-16-24(19-6-4-3-5-7-19)9-8-23(14-33-40(2,37)38)15-35(24)13-22(36)34-23;1-16(17-9-19(24(26,27)28)11-20(10-17)25(29,30)31)36-15-23(18-5-3-2-4-6-18)8-7-22(13-32)14-34(23)12-21(35)33-22;1-5(2,3)4/h2*3-7,10-12,17,33H,8-9,13-16H2,1-2H3,(H,34,36);2-6,9-11,16H,7-8,12-15,32H2,1H3,(H,33,35);1H3/t2*17-,23+,24-;16-,22+,23-;/m111./s1. The first-order chi connectivity index (χ1) is 55.6. The monoisotopic (exact) mass is 1820 g/mol. The number of ether oxygens (including phenoxy) is 3. The molecule has 7 N–H and O–H groups in total. The number of piperazine rings is 3. The number of nitrogens with zero attached hydrogens (tertiary/aromatic N) is 3. The molecule has 6 saturated heterocycles. The van der Waals surface area contributed by atoms with E-state index < -0.39 is 151 Å². The van der Waals surface area contributed by atoms with Gasteiger partial charge in [0.15, 0.2) is 0 Å². The third-order valence-corrected chi connectivity index (χ3v) is 23.5. The number of fused-ring (bicyclic) bond motifs is 6. The van der Waals surface area contributed by atoms with E-state index in [1.54, 1.807) is 36.4 Å². The summed E-state index contributed by atoms with van der Waals surface area (Å²) in [6.07, 6.45) is -27.8. The van der Waals surface area contributed by atoms with Crippen LogP contribution in [0.5, 0.6) is 0 Å². The number of carbonyl (C=O) groups excluding carboxylic acids is 3. The topological polar surface area (TPSA) is 277 Å². The van der Waals surface area contributed by atoms with Crippen LogP contribution in [0.2, 0.25) is 0 Å². The third kappa shape index (κ3) is 24.9. The zero-order chi connectivity index (χ0) is 90.0. The fourth-order valence-corrected chi connectivity index (χ4v) is 16.9. The molecule has 6 aliphatic rings. The number of carbonyl (C=O) groups is 3. The molecule has 0 aliphatic carbocycles. The molecule has 43 heteroatoms. The Bertz CT molecular complexity index is 4720. The van der Waals surface area contributed by atoms with E-state index in [2.05, 4.69) is 36.1 Å². The zero-order valence-electron chi connectivity index (χ0n) is 65.5. The summed E-state index contributed by atoms with van der Waals surface area (Å²) < 4.78 is 330. The van der Waals surface area contributed by atoms with Crippen molar-refractivity contribution in [2.75, 3.05) is 97.5 Å². The fourth-order valence-electron chi connectivity index (χ4n) is 15.9. The van der Waals surface area contributed by atoms with Crippen LogP contribution in [0.15, 0.2) is 146 Å². The predicted octanol–water partition coefficient (Wildman–Crippen LogP) is 13.2. The van der Waals surface area contributed by atoms with Crippen molar-refractivity contribution < 1.29 is 133 Å². The molecule has 0 aromatic heterocycles. The predicted molar refractivity (Wildman–Crippen MR) is 407 cm³/mol. The van der Waals surface area contributed by atoms with E-state index in [4.69, 9.17) is 19.9 Å². The van der Waals surface area contributed by atoms with Crippen LogP contribution in [0.3, 0.4) is 0 Å². The van der Waals surface area contributed by atoms with E-state index in [0.717, 1.165) is 35.5 Å². The van der Waals surface area contributed by atoms with Crippen LogP contribution < -0.4 is 31.1 Å². The van der Waals surface area contributed by atoms with Crippen LogP contribution in [-0.2, 0) is 111 Å². The Labute approximate surface area is 690 Å². The number of nitrogens with two attached hydrogens (primary N) is 1. The van der Waals surface area contributed by atoms with Gasteiger partial charge in [-0.2, -0.15) is 79.0 Å². The number of halogens is 19. The molecule has 6 fully saturated rings. The van der Waals surface area contributed by atoms with Gasteiger partial charge in [-0.15, -0.1) is 0 Å². The Hall–Kier alpha value is -7.75. The molecule has 6 aliphatic heterocycles. The van der Waals surface area contributed by atoms with Crippen molar-refractivity contribution in [2.45, 2.75) is 148 Å². The van der Waals surface area contributed by atoms with Crippen LogP contribution in [0.1, 0.15) is 144 Å². The minimum Gasteiger partial charge on any atom is -0.372 e. The lowest BCUT2D eigenvalue weighted by Gasteiger charge is -2.57. The Balaban J connectivity index is 0.000000201. The summed E-state index contributed by atoms with van der Waals surface area (Å²) in [5, 5.41) is 8.76. The number of nitrogens with one attached hydrogen (secondary N) is 5. The van der Waals surface area contributed by atoms with Crippen molar-refractivity contribution in [3.05, 3.63) is 212 Å². The maximum Gasteiger partial charge on any atom is 0.416 e. The van der Waals surface area contributed by atoms with Crippen molar-refractivity contribution in [1.82, 2.24) is 40.1 Å². The Kier molecular flexibility index (Phi) is 29.2. The second-order valence-electron chi connectivity index (χ2n) is 31.2. The van der Waals surface area contributed by atoms with Crippen molar-refractivity contribution in [3.63, 3.8) is 0 Å². The van der Waals surface area contributed by atoms with E-state index in [-0.39, 0.29) is 125 Å². The summed E-state index contributed by atoms with van der Waals surface area (Å²) >= 11 is 0. The molecule has 12 rings (SSSR count). The molecule has 668 valence electrons. The second kappa shape index (κ2) is 36.4. The Morgan fingerprint density at radius 2 is 0.603 bits per heavy atom. The summed E-state index contributed by atoms with van der Waals surface area (Å²) in [4.78, 5) is 43.7. The Morgan fingerprint density at radius 1 is 0.388 bits per heavy atom. The molecule has 0 radical (unpaired) electrons. The number of hydrogen-bond acceptors (Lipinski definition) is 16. The zero-order valence-corrected chi connectivity index (χ0v) is 68.7. The Morgan fingerprint density at radius 3 is 0.818 bits per heavy atom. The molecule has 3 amide bonds. The molecule has 21 nitrogen and oxygen atoms in total. The van der Waals surface area contributed by atoms with Crippen molar-refractivity contribution >= 4 is 57.5 Å². The highest BCUT2D eigenvalue weighted by molar-refractivity contribution is 8.13. The van der Waals surface area contributed by atoms with E-state index in [1.165, 1.54) is 20.8 Å². The number of rotatable bonds is 22.